The first-order valence-corrected chi connectivity index (χ1v) is 7.65. The van der Waals surface area contributed by atoms with Crippen LogP contribution in [0.1, 0.15) is 20.8 Å². The Bertz CT molecular complexity index is 358. The van der Waals surface area contributed by atoms with Gasteiger partial charge in [-0.2, -0.15) is 0 Å². The molecule has 0 aromatic rings. The lowest BCUT2D eigenvalue weighted by molar-refractivity contribution is -0.139. The van der Waals surface area contributed by atoms with Crippen LogP contribution in [0.15, 0.2) is 0 Å². The third-order valence-electron chi connectivity index (χ3n) is 2.70. The zero-order valence-corrected chi connectivity index (χ0v) is 11.5. The Hall–Kier alpha value is -0.620. The molecule has 6 heteroatoms. The molecule has 0 atom stereocenters. The number of hydrogen-bond donors (Lipinski definition) is 0. The molecule has 0 aromatic heterocycles. The van der Waals surface area contributed by atoms with Gasteiger partial charge in [0.2, 0.25) is 5.91 Å². The number of ether oxygens (including phenoxy) is 1. The normalized spacial score (nSPS) is 17.3. The molecule has 0 radical (unpaired) electrons. The second kappa shape index (κ2) is 5.82. The van der Waals surface area contributed by atoms with Crippen molar-refractivity contribution in [3.05, 3.63) is 0 Å². The van der Waals surface area contributed by atoms with Crippen LogP contribution in [0.3, 0.4) is 0 Å². The zero-order chi connectivity index (χ0) is 13.1. The lowest BCUT2D eigenvalue weighted by Crippen LogP contribution is -2.58. The van der Waals surface area contributed by atoms with Gasteiger partial charge in [-0.1, -0.05) is 13.8 Å². The Labute approximate surface area is 103 Å². The van der Waals surface area contributed by atoms with Crippen LogP contribution in [0.5, 0.6) is 0 Å². The molecule has 1 aliphatic rings. The van der Waals surface area contributed by atoms with Crippen LogP contribution in [-0.2, 0) is 19.4 Å². The summed E-state index contributed by atoms with van der Waals surface area (Å²) < 4.78 is 28.7. The summed E-state index contributed by atoms with van der Waals surface area (Å²) in [6.07, 6.45) is 0. The summed E-state index contributed by atoms with van der Waals surface area (Å²) in [5.74, 6) is 0.210. The molecular formula is C11H21NO4S. The van der Waals surface area contributed by atoms with E-state index in [4.69, 9.17) is 4.74 Å². The minimum absolute atomic E-state index is 0.0491. The monoisotopic (exact) mass is 263 g/mol. The van der Waals surface area contributed by atoms with Crippen LogP contribution in [0, 0.1) is 5.92 Å². The molecule has 1 amide bonds. The summed E-state index contributed by atoms with van der Waals surface area (Å²) in [5, 5.41) is -0.379. The molecule has 1 saturated heterocycles. The molecule has 1 fully saturated rings. The Morgan fingerprint density at radius 3 is 2.47 bits per heavy atom. The van der Waals surface area contributed by atoms with Gasteiger partial charge in [0.15, 0.2) is 9.84 Å². The molecule has 0 unspecified atom stereocenters. The number of nitrogens with zero attached hydrogens (tertiary/aromatic N) is 1. The van der Waals surface area contributed by atoms with E-state index in [-0.39, 0.29) is 29.4 Å². The fourth-order valence-electron chi connectivity index (χ4n) is 1.75. The summed E-state index contributed by atoms with van der Waals surface area (Å²) in [7, 11) is -3.04. The molecule has 1 aliphatic heterocycles. The second-order valence-corrected chi connectivity index (χ2v) is 7.11. The number of sulfone groups is 1. The third-order valence-corrected chi connectivity index (χ3v) is 5.15. The molecule has 1 rings (SSSR count). The number of amides is 1. The Balaban J connectivity index is 2.38. The number of hydrogen-bond acceptors (Lipinski definition) is 4. The van der Waals surface area contributed by atoms with Gasteiger partial charge in [0, 0.05) is 19.7 Å². The number of likely N-dealkylation sites (tertiary alicyclic amines) is 1. The predicted octanol–water partition coefficient (Wildman–Crippen LogP) is 0.305. The van der Waals surface area contributed by atoms with Gasteiger partial charge in [0.1, 0.15) is 6.61 Å². The van der Waals surface area contributed by atoms with E-state index >= 15 is 0 Å². The molecule has 0 N–H and O–H groups in total. The van der Waals surface area contributed by atoms with E-state index < -0.39 is 9.84 Å². The summed E-state index contributed by atoms with van der Waals surface area (Å²) in [6, 6.07) is 0. The van der Waals surface area contributed by atoms with Crippen molar-refractivity contribution in [2.45, 2.75) is 26.0 Å². The molecule has 100 valence electrons. The standard InChI is InChI=1S/C11H21NO4S/c1-4-16-7-11(13)12-5-10(6-12)17(14,15)8-9(2)3/h9-10H,4-8H2,1-3H3. The van der Waals surface area contributed by atoms with E-state index in [0.29, 0.717) is 19.7 Å². The van der Waals surface area contributed by atoms with Gasteiger partial charge in [-0.15, -0.1) is 0 Å². The Kier molecular flexibility index (Phi) is 4.94. The Morgan fingerprint density at radius 1 is 1.41 bits per heavy atom. The summed E-state index contributed by atoms with van der Waals surface area (Å²) in [6.45, 7) is 6.77. The molecule has 0 bridgehead atoms. The van der Waals surface area contributed by atoms with Crippen molar-refractivity contribution in [2.24, 2.45) is 5.92 Å². The van der Waals surface area contributed by atoms with Gasteiger partial charge >= 0.3 is 0 Å². The van der Waals surface area contributed by atoms with E-state index in [1.54, 1.807) is 0 Å². The van der Waals surface area contributed by atoms with Crippen LogP contribution >= 0.6 is 0 Å². The van der Waals surface area contributed by atoms with E-state index in [9.17, 15) is 13.2 Å². The minimum atomic E-state index is -3.04. The SMILES string of the molecule is CCOCC(=O)N1CC(S(=O)(=O)CC(C)C)C1. The van der Waals surface area contributed by atoms with Crippen molar-refractivity contribution in [3.63, 3.8) is 0 Å². The van der Waals surface area contributed by atoms with Crippen LogP contribution in [0.2, 0.25) is 0 Å². The van der Waals surface area contributed by atoms with Crippen molar-refractivity contribution in [2.75, 3.05) is 32.1 Å². The van der Waals surface area contributed by atoms with Gasteiger partial charge in [-0.05, 0) is 12.8 Å². The third kappa shape index (κ3) is 3.96. The maximum absolute atomic E-state index is 11.8. The van der Waals surface area contributed by atoms with Crippen molar-refractivity contribution in [1.82, 2.24) is 4.90 Å². The smallest absolute Gasteiger partial charge is 0.248 e. The fourth-order valence-corrected chi connectivity index (χ4v) is 3.77. The molecule has 0 aliphatic carbocycles. The van der Waals surface area contributed by atoms with Crippen molar-refractivity contribution in [3.8, 4) is 0 Å². The average molecular weight is 263 g/mol. The first kappa shape index (κ1) is 14.4. The van der Waals surface area contributed by atoms with Gasteiger partial charge in [0.05, 0.1) is 11.0 Å². The highest BCUT2D eigenvalue weighted by Gasteiger charge is 2.39. The van der Waals surface area contributed by atoms with E-state index in [0.717, 1.165) is 0 Å². The van der Waals surface area contributed by atoms with Crippen molar-refractivity contribution < 1.29 is 17.9 Å². The quantitative estimate of drug-likeness (QED) is 0.691. The van der Waals surface area contributed by atoms with Gasteiger partial charge in [0.25, 0.3) is 0 Å². The number of carbonyl (C=O) groups excluding carboxylic acids is 1. The first-order chi connectivity index (χ1) is 7.86. The highest BCUT2D eigenvalue weighted by molar-refractivity contribution is 7.92. The van der Waals surface area contributed by atoms with Gasteiger partial charge in [-0.25, -0.2) is 8.42 Å². The minimum Gasteiger partial charge on any atom is -0.372 e. The maximum Gasteiger partial charge on any atom is 0.248 e. The van der Waals surface area contributed by atoms with Crippen LogP contribution < -0.4 is 0 Å². The highest BCUT2D eigenvalue weighted by Crippen LogP contribution is 2.19. The highest BCUT2D eigenvalue weighted by atomic mass is 32.2. The maximum atomic E-state index is 11.8. The second-order valence-electron chi connectivity index (χ2n) is 4.78. The molecular weight excluding hydrogens is 242 g/mol. The van der Waals surface area contributed by atoms with Gasteiger partial charge in [-0.3, -0.25) is 4.79 Å². The molecule has 1 heterocycles. The topological polar surface area (TPSA) is 63.7 Å². The summed E-state index contributed by atoms with van der Waals surface area (Å²) in [5.41, 5.74) is 0. The van der Waals surface area contributed by atoms with Gasteiger partial charge < -0.3 is 9.64 Å². The van der Waals surface area contributed by atoms with Crippen LogP contribution in [0.25, 0.3) is 0 Å². The number of carbonyl (C=O) groups is 1. The lowest BCUT2D eigenvalue weighted by atomic mass is 10.2. The first-order valence-electron chi connectivity index (χ1n) is 5.94. The van der Waals surface area contributed by atoms with Crippen LogP contribution in [0.4, 0.5) is 0 Å². The average Bonchev–Trinajstić information content (AvgIpc) is 2.09. The predicted molar refractivity (Wildman–Crippen MR) is 65.5 cm³/mol. The zero-order valence-electron chi connectivity index (χ0n) is 10.7. The van der Waals surface area contributed by atoms with E-state index in [2.05, 4.69) is 0 Å². The molecule has 0 saturated carbocycles. The lowest BCUT2D eigenvalue weighted by Gasteiger charge is -2.38. The van der Waals surface area contributed by atoms with E-state index in [1.165, 1.54) is 4.90 Å². The van der Waals surface area contributed by atoms with Crippen LogP contribution in [-0.4, -0.2) is 56.5 Å². The Morgan fingerprint density at radius 2 is 2.00 bits per heavy atom. The van der Waals surface area contributed by atoms with Crippen molar-refractivity contribution >= 4 is 15.7 Å². The van der Waals surface area contributed by atoms with E-state index in [1.807, 2.05) is 20.8 Å². The summed E-state index contributed by atoms with van der Waals surface area (Å²) >= 11 is 0. The largest absolute Gasteiger partial charge is 0.372 e. The molecule has 0 aromatic carbocycles. The molecule has 5 nitrogen and oxygen atoms in total. The molecule has 17 heavy (non-hydrogen) atoms. The summed E-state index contributed by atoms with van der Waals surface area (Å²) in [4.78, 5) is 13.0. The molecule has 0 spiro atoms. The number of rotatable bonds is 6. The fraction of sp³-hybridized carbons (Fsp3) is 0.909. The van der Waals surface area contributed by atoms with Crippen molar-refractivity contribution in [1.29, 1.82) is 0 Å².